The van der Waals surface area contributed by atoms with E-state index in [2.05, 4.69) is 54.8 Å². The molecule has 0 aliphatic carbocycles. The maximum Gasteiger partial charge on any atom is 0.246 e. The van der Waals surface area contributed by atoms with Gasteiger partial charge in [0.2, 0.25) is 53.2 Å². The zero-order chi connectivity index (χ0) is 42.7. The number of aromatic nitrogens is 1. The van der Waals surface area contributed by atoms with Crippen LogP contribution in [0.25, 0.3) is 10.9 Å². The minimum absolute atomic E-state index is 0.0515. The van der Waals surface area contributed by atoms with E-state index in [1.54, 1.807) is 38.1 Å². The fourth-order valence-corrected chi connectivity index (χ4v) is 7.14. The molecule has 2 fully saturated rings. The molecule has 20 nitrogen and oxygen atoms in total. The lowest BCUT2D eigenvalue weighted by molar-refractivity contribution is -0.143. The van der Waals surface area contributed by atoms with E-state index < -0.39 is 121 Å². The van der Waals surface area contributed by atoms with Crippen LogP contribution in [0.2, 0.25) is 0 Å². The summed E-state index contributed by atoms with van der Waals surface area (Å²) in [5, 5.41) is 28.9. The monoisotopic (exact) mass is 828 g/mol. The van der Waals surface area contributed by atoms with Gasteiger partial charge in [-0.15, -0.1) is 12.6 Å². The highest BCUT2D eigenvalue weighted by Gasteiger charge is 2.40. The third kappa shape index (κ3) is 12.2. The molecule has 0 spiro atoms. The van der Waals surface area contributed by atoms with Crippen molar-refractivity contribution in [2.45, 2.75) is 101 Å². The number of nitrogens with one attached hydrogen (secondary N) is 8. The van der Waals surface area contributed by atoms with Crippen LogP contribution in [-0.4, -0.2) is 131 Å². The first-order valence-electron chi connectivity index (χ1n) is 19.1. The number of nitrogens with two attached hydrogens (primary N) is 1. The lowest BCUT2D eigenvalue weighted by Gasteiger charge is -2.30. The van der Waals surface area contributed by atoms with Gasteiger partial charge in [-0.25, -0.2) is 0 Å². The van der Waals surface area contributed by atoms with Gasteiger partial charge in [0.25, 0.3) is 0 Å². The Hall–Kier alpha value is -5.70. The number of aromatic amines is 1. The number of amides is 9. The number of aliphatic hydroxyl groups excluding tert-OH is 1. The quantitative estimate of drug-likeness (QED) is 0.120. The summed E-state index contributed by atoms with van der Waals surface area (Å²) in [5.74, 6) is -7.74. The molecule has 58 heavy (non-hydrogen) atoms. The Morgan fingerprint density at radius 1 is 0.828 bits per heavy atom. The third-order valence-corrected chi connectivity index (χ3v) is 10.4. The highest BCUT2D eigenvalue weighted by molar-refractivity contribution is 7.80. The Kier molecular flexibility index (Phi) is 16.0. The van der Waals surface area contributed by atoms with Gasteiger partial charge in [0.1, 0.15) is 30.2 Å². The Morgan fingerprint density at radius 3 is 2.16 bits per heavy atom. The van der Waals surface area contributed by atoms with Crippen molar-refractivity contribution in [3.63, 3.8) is 0 Å². The number of carbonyl (C=O) groups is 9. The maximum atomic E-state index is 14.0. The number of primary amides is 1. The van der Waals surface area contributed by atoms with E-state index in [-0.39, 0.29) is 25.8 Å². The fraction of sp³-hybridized carbons (Fsp3) is 0.541. The number of benzene rings is 1. The Bertz CT molecular complexity index is 1900. The summed E-state index contributed by atoms with van der Waals surface area (Å²) >= 11 is 4.55. The molecule has 9 amide bonds. The fourth-order valence-electron chi connectivity index (χ4n) is 6.80. The van der Waals surface area contributed by atoms with Crippen LogP contribution < -0.4 is 43.0 Å². The van der Waals surface area contributed by atoms with Gasteiger partial charge in [0.15, 0.2) is 0 Å². The standard InChI is InChI=1S/C37H52N10O10S/c1-4-18(2)31-35(56)41-15-28(50)39-16-29(51)42-25(14-27(38)49)37(57)47-11-7-10-26(47)34(55)44-23(12-19(3)48)33(54)43-24(32(53)40-17-30(52)46-31)13-21-20-8-5-6-9-22(20)45-36(21)58/h5-6,8-9,18-19,23-26,31,45,48,58H,4,7,10-17H2,1-3H3,(H2,38,49)(H,39,50)(H,40,53)(H,41,56)(H,42,51)(H,43,54)(H,44,55)(H,46,52)/t18-,19-,23-,24?,25-,26-,31-/m0/s1. The van der Waals surface area contributed by atoms with Crippen molar-refractivity contribution in [1.82, 2.24) is 47.1 Å². The van der Waals surface area contributed by atoms with Crippen LogP contribution in [0, 0.1) is 5.92 Å². The maximum absolute atomic E-state index is 14.0. The molecule has 3 heterocycles. The lowest BCUT2D eigenvalue weighted by atomic mass is 9.98. The first kappa shape index (κ1) is 45.0. The molecule has 2 aliphatic heterocycles. The molecular formula is C37H52N10O10S. The van der Waals surface area contributed by atoms with Gasteiger partial charge in [-0.05, 0) is 37.3 Å². The molecule has 0 saturated carbocycles. The second kappa shape index (κ2) is 20.6. The van der Waals surface area contributed by atoms with Crippen molar-refractivity contribution in [2.75, 3.05) is 26.2 Å². The number of fused-ring (bicyclic) bond motifs is 2. The SMILES string of the molecule is CC[C@H](C)[C@@H]1NC(=O)CNC(=O)C(Cc2c(S)[nH]c3ccccc23)NC(=O)[C@H](C[C@H](C)O)NC(=O)[C@@H]2CCCN2C(=O)[C@H](CC(N)=O)NC(=O)CNC(=O)CNC1=O. The number of para-hydroxylation sites is 1. The predicted molar refractivity (Wildman–Crippen MR) is 210 cm³/mol. The Morgan fingerprint density at radius 2 is 1.47 bits per heavy atom. The normalized spacial score (nSPS) is 24.8. The lowest BCUT2D eigenvalue weighted by Crippen LogP contribution is -2.59. The number of nitrogens with zero attached hydrogens (tertiary/aromatic N) is 1. The Balaban J connectivity index is 1.69. The van der Waals surface area contributed by atoms with Crippen molar-refractivity contribution in [1.29, 1.82) is 0 Å². The summed E-state index contributed by atoms with van der Waals surface area (Å²) in [4.78, 5) is 123. The molecule has 21 heteroatoms. The van der Waals surface area contributed by atoms with E-state index in [1.165, 1.54) is 6.92 Å². The Labute approximate surface area is 339 Å². The molecule has 2 aromatic rings. The average molecular weight is 829 g/mol. The highest BCUT2D eigenvalue weighted by atomic mass is 32.1. The van der Waals surface area contributed by atoms with Crippen LogP contribution in [0.5, 0.6) is 0 Å². The number of rotatable bonds is 8. The summed E-state index contributed by atoms with van der Waals surface area (Å²) in [6.07, 6.45) is -1.25. The molecule has 2 saturated heterocycles. The smallest absolute Gasteiger partial charge is 0.246 e. The molecule has 11 N–H and O–H groups in total. The summed E-state index contributed by atoms with van der Waals surface area (Å²) < 4.78 is 0. The number of H-pyrrole nitrogens is 1. The van der Waals surface area contributed by atoms with E-state index in [4.69, 9.17) is 5.73 Å². The van der Waals surface area contributed by atoms with Gasteiger partial charge >= 0.3 is 0 Å². The van der Waals surface area contributed by atoms with E-state index in [0.29, 0.717) is 34.3 Å². The van der Waals surface area contributed by atoms with Gasteiger partial charge in [-0.3, -0.25) is 43.2 Å². The van der Waals surface area contributed by atoms with Crippen molar-refractivity contribution in [3.05, 3.63) is 29.8 Å². The van der Waals surface area contributed by atoms with Gasteiger partial charge in [0.05, 0.1) is 37.2 Å². The number of aliphatic hydroxyl groups is 1. The first-order chi connectivity index (χ1) is 27.5. The molecule has 316 valence electrons. The summed E-state index contributed by atoms with van der Waals surface area (Å²) in [7, 11) is 0. The number of hydrogen-bond acceptors (Lipinski definition) is 11. The number of carbonyl (C=O) groups excluding carboxylic acids is 9. The summed E-state index contributed by atoms with van der Waals surface area (Å²) in [6.45, 7) is 3.07. The molecule has 1 aromatic carbocycles. The van der Waals surface area contributed by atoms with E-state index in [0.717, 1.165) is 4.90 Å². The minimum atomic E-state index is -1.52. The van der Waals surface area contributed by atoms with Crippen LogP contribution in [0.15, 0.2) is 29.3 Å². The molecule has 0 bridgehead atoms. The largest absolute Gasteiger partial charge is 0.393 e. The van der Waals surface area contributed by atoms with Crippen LogP contribution in [0.4, 0.5) is 0 Å². The second-order valence-corrected chi connectivity index (χ2v) is 15.0. The molecule has 2 aliphatic rings. The van der Waals surface area contributed by atoms with E-state index in [9.17, 15) is 48.3 Å². The minimum Gasteiger partial charge on any atom is -0.393 e. The van der Waals surface area contributed by atoms with E-state index in [1.807, 2.05) is 0 Å². The predicted octanol–water partition coefficient (Wildman–Crippen LogP) is -3.02. The van der Waals surface area contributed by atoms with Crippen molar-refractivity contribution >= 4 is 76.7 Å². The zero-order valence-electron chi connectivity index (χ0n) is 32.5. The van der Waals surface area contributed by atoms with Gasteiger partial charge < -0.3 is 57.9 Å². The van der Waals surface area contributed by atoms with Crippen molar-refractivity contribution in [2.24, 2.45) is 11.7 Å². The first-order valence-corrected chi connectivity index (χ1v) is 19.5. The van der Waals surface area contributed by atoms with Crippen LogP contribution in [-0.2, 0) is 49.6 Å². The van der Waals surface area contributed by atoms with Crippen LogP contribution in [0.1, 0.15) is 58.4 Å². The molecule has 7 atom stereocenters. The van der Waals surface area contributed by atoms with Crippen molar-refractivity contribution in [3.8, 4) is 0 Å². The highest BCUT2D eigenvalue weighted by Crippen LogP contribution is 2.26. The molecule has 0 radical (unpaired) electrons. The topological polar surface area (TPSA) is 303 Å². The second-order valence-electron chi connectivity index (χ2n) is 14.5. The van der Waals surface area contributed by atoms with E-state index >= 15 is 0 Å². The van der Waals surface area contributed by atoms with Gasteiger partial charge in [0, 0.05) is 30.3 Å². The zero-order valence-corrected chi connectivity index (χ0v) is 33.4. The van der Waals surface area contributed by atoms with Crippen molar-refractivity contribution < 1.29 is 48.3 Å². The molecule has 1 aromatic heterocycles. The van der Waals surface area contributed by atoms with Crippen LogP contribution in [0.3, 0.4) is 0 Å². The van der Waals surface area contributed by atoms with Gasteiger partial charge in [-0.2, -0.15) is 0 Å². The van der Waals surface area contributed by atoms with Gasteiger partial charge in [-0.1, -0.05) is 38.5 Å². The number of thiol groups is 1. The molecule has 4 rings (SSSR count). The summed E-state index contributed by atoms with van der Waals surface area (Å²) in [6, 6.07) is 0.577. The summed E-state index contributed by atoms with van der Waals surface area (Å²) in [5.41, 5.74) is 6.65. The average Bonchev–Trinajstić information content (AvgIpc) is 3.79. The molecular weight excluding hydrogens is 777 g/mol. The number of hydrogen-bond donors (Lipinski definition) is 11. The third-order valence-electron chi connectivity index (χ3n) is 10.0. The molecule has 1 unspecified atom stereocenters. The van der Waals surface area contributed by atoms with Crippen LogP contribution >= 0.6 is 12.6 Å².